The number of benzene rings is 2. The van der Waals surface area contributed by atoms with Gasteiger partial charge in [-0.15, -0.1) is 0 Å². The summed E-state index contributed by atoms with van der Waals surface area (Å²) in [5.41, 5.74) is 6.08. The highest BCUT2D eigenvalue weighted by Gasteiger charge is 2.38. The quantitative estimate of drug-likeness (QED) is 0.583. The predicted molar refractivity (Wildman–Crippen MR) is 108 cm³/mol. The van der Waals surface area contributed by atoms with Crippen molar-refractivity contribution in [1.82, 2.24) is 0 Å². The van der Waals surface area contributed by atoms with Gasteiger partial charge in [-0.3, -0.25) is 14.5 Å². The minimum atomic E-state index is -0.702. The summed E-state index contributed by atoms with van der Waals surface area (Å²) in [6, 6.07) is 12.3. The Labute approximate surface area is 172 Å². The number of allylic oxidation sites excluding steroid dienone is 1. The third kappa shape index (κ3) is 4.07. The van der Waals surface area contributed by atoms with E-state index in [0.29, 0.717) is 11.3 Å². The summed E-state index contributed by atoms with van der Waals surface area (Å²) in [6.45, 7) is 1.29. The molecule has 3 rings (SSSR count). The maximum atomic E-state index is 14.3. The van der Waals surface area contributed by atoms with E-state index in [1.54, 1.807) is 37.3 Å². The van der Waals surface area contributed by atoms with Gasteiger partial charge < -0.3 is 15.2 Å². The summed E-state index contributed by atoms with van der Waals surface area (Å²) in [5.74, 6) is -2.03. The molecular formula is C22H19FN2O5. The highest BCUT2D eigenvalue weighted by molar-refractivity contribution is 6.23. The number of primary amides is 1. The van der Waals surface area contributed by atoms with Gasteiger partial charge in [-0.25, -0.2) is 9.18 Å². The van der Waals surface area contributed by atoms with E-state index in [1.165, 1.54) is 31.4 Å². The summed E-state index contributed by atoms with van der Waals surface area (Å²) in [7, 11) is 1.21. The first-order valence-corrected chi connectivity index (χ1v) is 8.95. The Balaban J connectivity index is 2.00. The maximum absolute atomic E-state index is 14.3. The first-order chi connectivity index (χ1) is 14.3. The second kappa shape index (κ2) is 8.60. The number of halogens is 1. The number of esters is 1. The Morgan fingerprint density at radius 1 is 1.13 bits per heavy atom. The smallest absolute Gasteiger partial charge is 0.340 e. The van der Waals surface area contributed by atoms with Crippen LogP contribution < -0.4 is 15.4 Å². The van der Waals surface area contributed by atoms with Crippen molar-refractivity contribution in [3.63, 3.8) is 0 Å². The summed E-state index contributed by atoms with van der Waals surface area (Å²) >= 11 is 0. The van der Waals surface area contributed by atoms with Crippen LogP contribution in [0.4, 0.5) is 10.1 Å². The molecule has 0 aliphatic carbocycles. The molecule has 2 aromatic carbocycles. The number of methoxy groups -OCH3 is 1. The zero-order chi connectivity index (χ0) is 21.8. The van der Waals surface area contributed by atoms with Gasteiger partial charge in [0.05, 0.1) is 23.9 Å². The fourth-order valence-electron chi connectivity index (χ4n) is 3.08. The van der Waals surface area contributed by atoms with Crippen LogP contribution in [0, 0.1) is 5.82 Å². The molecule has 154 valence electrons. The van der Waals surface area contributed by atoms with E-state index in [-0.39, 0.29) is 29.1 Å². The third-order valence-electron chi connectivity index (χ3n) is 4.46. The normalized spacial score (nSPS) is 15.0. The second-order valence-electron chi connectivity index (χ2n) is 6.43. The topological polar surface area (TPSA) is 98.9 Å². The molecule has 2 aromatic rings. The van der Waals surface area contributed by atoms with Crippen molar-refractivity contribution in [1.29, 1.82) is 0 Å². The van der Waals surface area contributed by atoms with Gasteiger partial charge in [-0.2, -0.15) is 0 Å². The van der Waals surface area contributed by atoms with Crippen LogP contribution >= 0.6 is 0 Å². The largest absolute Gasteiger partial charge is 0.484 e. The first kappa shape index (κ1) is 20.8. The molecule has 0 fully saturated rings. The molecule has 0 unspecified atom stereocenters. The number of para-hydroxylation sites is 1. The summed E-state index contributed by atoms with van der Waals surface area (Å²) in [4.78, 5) is 37.4. The Morgan fingerprint density at radius 2 is 1.80 bits per heavy atom. The number of ether oxygens (including phenoxy) is 2. The van der Waals surface area contributed by atoms with Gasteiger partial charge in [0, 0.05) is 5.70 Å². The van der Waals surface area contributed by atoms with Crippen molar-refractivity contribution in [3.05, 3.63) is 76.8 Å². The maximum Gasteiger partial charge on any atom is 0.340 e. The van der Waals surface area contributed by atoms with Gasteiger partial charge in [0.2, 0.25) is 0 Å². The molecule has 8 heteroatoms. The number of anilines is 1. The lowest BCUT2D eigenvalue weighted by atomic mass is 10.0. The zero-order valence-corrected chi connectivity index (χ0v) is 16.3. The van der Waals surface area contributed by atoms with Gasteiger partial charge in [0.15, 0.2) is 6.61 Å². The van der Waals surface area contributed by atoms with E-state index in [0.717, 1.165) is 4.90 Å². The lowest BCUT2D eigenvalue weighted by Gasteiger charge is -2.18. The van der Waals surface area contributed by atoms with E-state index >= 15 is 0 Å². The van der Waals surface area contributed by atoms with E-state index in [2.05, 4.69) is 0 Å². The van der Waals surface area contributed by atoms with Crippen molar-refractivity contribution in [2.75, 3.05) is 18.6 Å². The number of carbonyl (C=O) groups excluding carboxylic acids is 3. The fourth-order valence-corrected chi connectivity index (χ4v) is 3.08. The minimum Gasteiger partial charge on any atom is -0.484 e. The molecule has 2 N–H and O–H groups in total. The molecule has 30 heavy (non-hydrogen) atoms. The molecule has 0 spiro atoms. The van der Waals surface area contributed by atoms with Gasteiger partial charge in [-0.05, 0) is 42.8 Å². The van der Waals surface area contributed by atoms with Crippen LogP contribution in [0.25, 0.3) is 6.08 Å². The lowest BCUT2D eigenvalue weighted by molar-refractivity contribution is -0.136. The number of hydrogen-bond donors (Lipinski definition) is 1. The van der Waals surface area contributed by atoms with E-state index in [9.17, 15) is 18.8 Å². The summed E-state index contributed by atoms with van der Waals surface area (Å²) < 4.78 is 24.4. The number of nitrogens with two attached hydrogens (primary N) is 1. The Bertz CT molecular complexity index is 1070. The molecule has 0 saturated carbocycles. The van der Waals surface area contributed by atoms with Crippen LogP contribution in [0.1, 0.15) is 12.5 Å². The predicted octanol–water partition coefficient (Wildman–Crippen LogP) is 2.57. The van der Waals surface area contributed by atoms with Gasteiger partial charge in [0.25, 0.3) is 11.8 Å². The molecule has 7 nitrogen and oxygen atoms in total. The minimum absolute atomic E-state index is 0.0417. The average molecular weight is 410 g/mol. The van der Waals surface area contributed by atoms with Gasteiger partial charge in [0.1, 0.15) is 11.6 Å². The molecule has 2 amide bonds. The van der Waals surface area contributed by atoms with Crippen molar-refractivity contribution in [3.8, 4) is 5.75 Å². The standard InChI is InChI=1S/C22H19FN2O5/c1-13-20(22(28)29-2)16(21(27)25(13)18-6-4-3-5-17(18)23)11-14-7-9-15(10-8-14)30-12-19(24)26/h3-11H,12H2,1-2H3,(H2,24,26)/b16-11-. The van der Waals surface area contributed by atoms with Crippen LogP contribution in [0.3, 0.4) is 0 Å². The summed E-state index contributed by atoms with van der Waals surface area (Å²) in [6.07, 6.45) is 1.51. The van der Waals surface area contributed by atoms with E-state index < -0.39 is 23.6 Å². The fraction of sp³-hybridized carbons (Fsp3) is 0.136. The molecular weight excluding hydrogens is 391 g/mol. The monoisotopic (exact) mass is 410 g/mol. The van der Waals surface area contributed by atoms with Crippen LogP contribution in [-0.4, -0.2) is 31.5 Å². The van der Waals surface area contributed by atoms with Crippen molar-refractivity contribution in [2.45, 2.75) is 6.92 Å². The molecule has 0 saturated heterocycles. The number of amides is 2. The molecule has 0 bridgehead atoms. The highest BCUT2D eigenvalue weighted by atomic mass is 19.1. The van der Waals surface area contributed by atoms with Gasteiger partial charge in [-0.1, -0.05) is 24.3 Å². The molecule has 0 aromatic heterocycles. The Hall–Kier alpha value is -3.94. The SMILES string of the molecule is COC(=O)C1=C(C)N(c2ccccc2F)C(=O)/C1=C\c1ccc(OCC(N)=O)cc1. The molecule has 0 radical (unpaired) electrons. The van der Waals surface area contributed by atoms with Crippen LogP contribution in [0.15, 0.2) is 65.4 Å². The van der Waals surface area contributed by atoms with Crippen LogP contribution in [0.2, 0.25) is 0 Å². The number of hydrogen-bond acceptors (Lipinski definition) is 5. The van der Waals surface area contributed by atoms with Gasteiger partial charge >= 0.3 is 5.97 Å². The second-order valence-corrected chi connectivity index (χ2v) is 6.43. The van der Waals surface area contributed by atoms with Crippen molar-refractivity contribution < 1.29 is 28.2 Å². The third-order valence-corrected chi connectivity index (χ3v) is 4.46. The number of carbonyl (C=O) groups is 3. The van der Waals surface area contributed by atoms with E-state index in [4.69, 9.17) is 15.2 Å². The van der Waals surface area contributed by atoms with E-state index in [1.807, 2.05) is 0 Å². The lowest BCUT2D eigenvalue weighted by Crippen LogP contribution is -2.25. The average Bonchev–Trinajstić information content (AvgIpc) is 2.97. The molecule has 0 atom stereocenters. The van der Waals surface area contributed by atoms with Crippen molar-refractivity contribution in [2.24, 2.45) is 5.73 Å². The van der Waals surface area contributed by atoms with Crippen LogP contribution in [0.5, 0.6) is 5.75 Å². The highest BCUT2D eigenvalue weighted by Crippen LogP contribution is 2.36. The zero-order valence-electron chi connectivity index (χ0n) is 16.3. The van der Waals surface area contributed by atoms with Crippen LogP contribution in [-0.2, 0) is 19.1 Å². The molecule has 1 heterocycles. The number of rotatable bonds is 6. The summed E-state index contributed by atoms with van der Waals surface area (Å²) in [5, 5.41) is 0. The molecule has 1 aliphatic heterocycles. The first-order valence-electron chi connectivity index (χ1n) is 8.95. The Morgan fingerprint density at radius 3 is 2.40 bits per heavy atom. The van der Waals surface area contributed by atoms with Crippen molar-refractivity contribution >= 4 is 29.5 Å². The number of nitrogens with zero attached hydrogens (tertiary/aromatic N) is 1. The molecule has 1 aliphatic rings. The Kier molecular flexibility index (Phi) is 5.96.